The molecule has 5 nitrogen and oxygen atoms in total. The predicted molar refractivity (Wildman–Crippen MR) is 60.4 cm³/mol. The van der Waals surface area contributed by atoms with Gasteiger partial charge in [0.05, 0.1) is 29.2 Å². The molecule has 6 heteroatoms. The minimum absolute atomic E-state index is 0.0828. The van der Waals surface area contributed by atoms with Crippen molar-refractivity contribution >= 4 is 34.9 Å². The van der Waals surface area contributed by atoms with Crippen LogP contribution in [0.1, 0.15) is 16.8 Å². The van der Waals surface area contributed by atoms with E-state index in [1.165, 1.54) is 18.2 Å². The Morgan fingerprint density at radius 1 is 1.35 bits per heavy atom. The second-order valence-electron chi connectivity index (χ2n) is 3.64. The summed E-state index contributed by atoms with van der Waals surface area (Å²) in [5, 5.41) is 9.17. The summed E-state index contributed by atoms with van der Waals surface area (Å²) in [6.45, 7) is -0.122. The van der Waals surface area contributed by atoms with Gasteiger partial charge in [0.15, 0.2) is 5.78 Å². The topological polar surface area (TPSA) is 74.7 Å². The van der Waals surface area contributed by atoms with Crippen molar-refractivity contribution in [1.29, 1.82) is 0 Å². The lowest BCUT2D eigenvalue weighted by atomic mass is 10.1. The van der Waals surface area contributed by atoms with E-state index in [0.717, 1.165) is 4.90 Å². The molecular weight excluding hydrogens is 246 g/mol. The van der Waals surface area contributed by atoms with Crippen LogP contribution in [0.5, 0.6) is 0 Å². The van der Waals surface area contributed by atoms with Crippen LogP contribution in [-0.2, 0) is 9.59 Å². The van der Waals surface area contributed by atoms with Crippen LogP contribution in [0.15, 0.2) is 18.2 Å². The van der Waals surface area contributed by atoms with Crippen molar-refractivity contribution < 1.29 is 19.5 Å². The van der Waals surface area contributed by atoms with Crippen molar-refractivity contribution in [2.24, 2.45) is 0 Å². The van der Waals surface area contributed by atoms with E-state index in [1.807, 2.05) is 0 Å². The number of rotatable bonds is 2. The molecule has 1 heterocycles. The molecule has 1 saturated heterocycles. The van der Waals surface area contributed by atoms with Crippen molar-refractivity contribution in [3.63, 3.8) is 0 Å². The van der Waals surface area contributed by atoms with Gasteiger partial charge < -0.3 is 10.0 Å². The van der Waals surface area contributed by atoms with Crippen molar-refractivity contribution in [3.8, 4) is 0 Å². The van der Waals surface area contributed by atoms with Crippen molar-refractivity contribution in [2.45, 2.75) is 6.42 Å². The summed E-state index contributed by atoms with van der Waals surface area (Å²) >= 11 is 5.90. The highest BCUT2D eigenvalue weighted by atomic mass is 35.5. The van der Waals surface area contributed by atoms with Gasteiger partial charge in [0.2, 0.25) is 5.91 Å². The number of carboxylic acids is 1. The van der Waals surface area contributed by atoms with Crippen molar-refractivity contribution in [3.05, 3.63) is 28.8 Å². The molecule has 17 heavy (non-hydrogen) atoms. The molecule has 1 aromatic carbocycles. The lowest BCUT2D eigenvalue weighted by molar-refractivity contribution is -0.121. The number of carbonyl (C=O) groups is 3. The monoisotopic (exact) mass is 253 g/mol. The van der Waals surface area contributed by atoms with Crippen LogP contribution in [0.25, 0.3) is 0 Å². The number of hydrogen-bond acceptors (Lipinski definition) is 3. The van der Waals surface area contributed by atoms with E-state index in [-0.39, 0.29) is 35.0 Å². The number of para-hydroxylation sites is 1. The molecule has 0 spiro atoms. The molecule has 1 aromatic rings. The van der Waals surface area contributed by atoms with E-state index >= 15 is 0 Å². The summed E-state index contributed by atoms with van der Waals surface area (Å²) in [6, 6.07) is 4.32. The first-order chi connectivity index (χ1) is 8.00. The first-order valence-corrected chi connectivity index (χ1v) is 5.22. The van der Waals surface area contributed by atoms with E-state index in [9.17, 15) is 14.4 Å². The highest BCUT2D eigenvalue weighted by Crippen LogP contribution is 2.32. The number of carbonyl (C=O) groups excluding carboxylic acids is 2. The summed E-state index contributed by atoms with van der Waals surface area (Å²) in [5.74, 6) is -1.86. The molecule has 0 saturated carbocycles. The van der Waals surface area contributed by atoms with E-state index in [4.69, 9.17) is 16.7 Å². The van der Waals surface area contributed by atoms with Gasteiger partial charge in [-0.05, 0) is 12.1 Å². The molecule has 2 rings (SSSR count). The average Bonchev–Trinajstić information content (AvgIpc) is 2.57. The maximum Gasteiger partial charge on any atom is 0.337 e. The third kappa shape index (κ3) is 2.01. The fraction of sp³-hybridized carbons (Fsp3) is 0.182. The Morgan fingerprint density at radius 2 is 2.06 bits per heavy atom. The number of hydrogen-bond donors (Lipinski definition) is 1. The van der Waals surface area contributed by atoms with Gasteiger partial charge in [-0.3, -0.25) is 9.59 Å². The Hall–Kier alpha value is -1.88. The van der Waals surface area contributed by atoms with Gasteiger partial charge in [-0.1, -0.05) is 17.7 Å². The van der Waals surface area contributed by atoms with Gasteiger partial charge in [0.1, 0.15) is 0 Å². The van der Waals surface area contributed by atoms with Crippen LogP contribution in [0.2, 0.25) is 5.02 Å². The van der Waals surface area contributed by atoms with Gasteiger partial charge in [0, 0.05) is 0 Å². The molecule has 0 aliphatic carbocycles. The summed E-state index contributed by atoms with van der Waals surface area (Å²) in [4.78, 5) is 34.9. The zero-order chi connectivity index (χ0) is 12.6. The molecule has 1 aliphatic rings. The van der Waals surface area contributed by atoms with Crippen LogP contribution in [0.3, 0.4) is 0 Å². The van der Waals surface area contributed by atoms with Crippen LogP contribution in [-0.4, -0.2) is 29.3 Å². The number of ketones is 1. The van der Waals surface area contributed by atoms with Gasteiger partial charge in [-0.15, -0.1) is 0 Å². The highest BCUT2D eigenvalue weighted by molar-refractivity contribution is 6.35. The molecule has 0 radical (unpaired) electrons. The molecule has 88 valence electrons. The molecule has 1 N–H and O–H groups in total. The first-order valence-electron chi connectivity index (χ1n) is 4.84. The van der Waals surface area contributed by atoms with E-state index < -0.39 is 11.9 Å². The van der Waals surface area contributed by atoms with Crippen molar-refractivity contribution in [1.82, 2.24) is 0 Å². The lowest BCUT2D eigenvalue weighted by Crippen LogP contribution is -2.27. The number of benzene rings is 1. The zero-order valence-corrected chi connectivity index (χ0v) is 9.40. The molecule has 1 aliphatic heterocycles. The largest absolute Gasteiger partial charge is 0.478 e. The Balaban J connectivity index is 2.54. The minimum atomic E-state index is -1.19. The number of Topliss-reactive ketones (excluding diaryl/α,β-unsaturated/α-hetero) is 1. The maximum atomic E-state index is 11.6. The number of halogens is 1. The van der Waals surface area contributed by atoms with Gasteiger partial charge in [-0.2, -0.15) is 0 Å². The summed E-state index contributed by atoms with van der Waals surface area (Å²) < 4.78 is 0. The molecule has 1 fully saturated rings. The van der Waals surface area contributed by atoms with Crippen LogP contribution >= 0.6 is 11.6 Å². The number of carboxylic acid groups (broad SMARTS) is 1. The van der Waals surface area contributed by atoms with E-state index in [1.54, 1.807) is 0 Å². The number of nitrogens with zero attached hydrogens (tertiary/aromatic N) is 1. The summed E-state index contributed by atoms with van der Waals surface area (Å²) in [5.41, 5.74) is 0.0121. The van der Waals surface area contributed by atoms with E-state index in [2.05, 4.69) is 0 Å². The maximum absolute atomic E-state index is 11.6. The molecular formula is C11H8ClNO4. The predicted octanol–water partition coefficient (Wildman–Crippen LogP) is 1.34. The Kier molecular flexibility index (Phi) is 2.85. The Bertz CT molecular complexity index is 526. The number of anilines is 1. The Labute approximate surface area is 102 Å². The third-order valence-electron chi connectivity index (χ3n) is 2.47. The smallest absolute Gasteiger partial charge is 0.337 e. The van der Waals surface area contributed by atoms with Gasteiger partial charge in [-0.25, -0.2) is 4.79 Å². The third-order valence-corrected chi connectivity index (χ3v) is 2.78. The molecule has 0 unspecified atom stereocenters. The summed E-state index contributed by atoms with van der Waals surface area (Å²) in [6.07, 6.45) is -0.204. The fourth-order valence-electron chi connectivity index (χ4n) is 1.75. The normalized spacial score (nSPS) is 15.5. The van der Waals surface area contributed by atoms with Crippen LogP contribution in [0.4, 0.5) is 5.69 Å². The van der Waals surface area contributed by atoms with E-state index in [0.29, 0.717) is 0 Å². The number of aromatic carboxylic acids is 1. The van der Waals surface area contributed by atoms with Crippen LogP contribution < -0.4 is 4.90 Å². The number of amides is 1. The molecule has 0 bridgehead atoms. The molecule has 0 aromatic heterocycles. The molecule has 1 amide bonds. The molecule has 0 atom stereocenters. The summed E-state index contributed by atoms with van der Waals surface area (Å²) in [7, 11) is 0. The van der Waals surface area contributed by atoms with Gasteiger partial charge in [0.25, 0.3) is 0 Å². The average molecular weight is 254 g/mol. The van der Waals surface area contributed by atoms with Gasteiger partial charge >= 0.3 is 5.97 Å². The fourth-order valence-corrected chi connectivity index (χ4v) is 2.03. The second kappa shape index (κ2) is 4.18. The first kappa shape index (κ1) is 11.6. The van der Waals surface area contributed by atoms with Crippen molar-refractivity contribution in [2.75, 3.05) is 11.4 Å². The van der Waals surface area contributed by atoms with Crippen LogP contribution in [0, 0.1) is 0 Å². The Morgan fingerprint density at radius 3 is 2.59 bits per heavy atom. The highest BCUT2D eigenvalue weighted by Gasteiger charge is 2.32. The SMILES string of the molecule is O=C1CC(=O)N(c2c(Cl)cccc2C(=O)O)C1. The second-order valence-corrected chi connectivity index (χ2v) is 4.04. The quantitative estimate of drug-likeness (QED) is 0.807. The lowest BCUT2D eigenvalue weighted by Gasteiger charge is -2.18. The zero-order valence-electron chi connectivity index (χ0n) is 8.64. The standard InChI is InChI=1S/C11H8ClNO4/c12-8-3-1-2-7(11(16)17)10(8)13-5-6(14)4-9(13)15/h1-3H,4-5H2,(H,16,17). The minimum Gasteiger partial charge on any atom is -0.478 e.